The minimum absolute atomic E-state index is 0.115. The van der Waals surface area contributed by atoms with Crippen molar-refractivity contribution in [2.75, 3.05) is 20.2 Å². The van der Waals surface area contributed by atoms with Gasteiger partial charge in [0, 0.05) is 19.0 Å². The normalized spacial score (nSPS) is 21.9. The third-order valence-corrected chi connectivity index (χ3v) is 5.28. The van der Waals surface area contributed by atoms with E-state index < -0.39 is 0 Å². The predicted molar refractivity (Wildman–Crippen MR) is 89.5 cm³/mol. The first kappa shape index (κ1) is 16.3. The average molecular weight is 317 g/mol. The zero-order valence-electron chi connectivity index (χ0n) is 14.2. The van der Waals surface area contributed by atoms with Crippen molar-refractivity contribution in [2.24, 2.45) is 17.8 Å². The van der Waals surface area contributed by atoms with Gasteiger partial charge in [0.05, 0.1) is 13.0 Å². The molecule has 0 radical (unpaired) electrons. The molecule has 23 heavy (non-hydrogen) atoms. The second kappa shape index (κ2) is 6.91. The van der Waals surface area contributed by atoms with Crippen LogP contribution in [0.2, 0.25) is 0 Å². The molecule has 4 heteroatoms. The summed E-state index contributed by atoms with van der Waals surface area (Å²) in [6.45, 7) is 6.18. The van der Waals surface area contributed by atoms with Gasteiger partial charge in [-0.25, -0.2) is 0 Å². The first-order valence-corrected chi connectivity index (χ1v) is 8.65. The highest BCUT2D eigenvalue weighted by atomic mass is 16.5. The molecular formula is C19H27NO3. The molecular weight excluding hydrogens is 290 g/mol. The van der Waals surface area contributed by atoms with Crippen molar-refractivity contribution in [1.82, 2.24) is 5.32 Å². The molecule has 3 unspecified atom stereocenters. The Morgan fingerprint density at radius 3 is 2.52 bits per heavy atom. The van der Waals surface area contributed by atoms with E-state index in [1.54, 1.807) is 0 Å². The van der Waals surface area contributed by atoms with Crippen molar-refractivity contribution < 1.29 is 14.3 Å². The molecule has 0 bridgehead atoms. The zero-order valence-corrected chi connectivity index (χ0v) is 14.2. The summed E-state index contributed by atoms with van der Waals surface area (Å²) in [6.07, 6.45) is 2.60. The predicted octanol–water partition coefficient (Wildman–Crippen LogP) is 2.98. The maximum Gasteiger partial charge on any atom is 0.309 e. The van der Waals surface area contributed by atoms with E-state index in [1.165, 1.54) is 25.5 Å². The van der Waals surface area contributed by atoms with Crippen LogP contribution in [0.15, 0.2) is 24.3 Å². The standard InChI is InChI=1S/C19H27NO3/c1-12(19(21)22-3)18(14-7-8-14)15-5-4-6-17(9-15)23-13(2)16-10-20-11-16/h4-6,9,12-14,16,18,20H,7-8,10-11H2,1-3H3. The molecule has 4 nitrogen and oxygen atoms in total. The Labute approximate surface area is 138 Å². The van der Waals surface area contributed by atoms with Crippen LogP contribution in [0, 0.1) is 17.8 Å². The summed E-state index contributed by atoms with van der Waals surface area (Å²) in [5.74, 6) is 2.08. The van der Waals surface area contributed by atoms with Gasteiger partial charge in [-0.15, -0.1) is 0 Å². The fourth-order valence-electron chi connectivity index (χ4n) is 3.51. The smallest absolute Gasteiger partial charge is 0.309 e. The molecule has 1 saturated heterocycles. The van der Waals surface area contributed by atoms with E-state index in [0.29, 0.717) is 11.8 Å². The van der Waals surface area contributed by atoms with Crippen LogP contribution >= 0.6 is 0 Å². The van der Waals surface area contributed by atoms with E-state index in [0.717, 1.165) is 18.8 Å². The summed E-state index contributed by atoms with van der Waals surface area (Å²) < 4.78 is 11.1. The third-order valence-electron chi connectivity index (χ3n) is 5.28. The lowest BCUT2D eigenvalue weighted by Crippen LogP contribution is -2.49. The van der Waals surface area contributed by atoms with Crippen molar-refractivity contribution >= 4 is 5.97 Å². The summed E-state index contributed by atoms with van der Waals surface area (Å²) in [6, 6.07) is 8.28. The number of nitrogens with one attached hydrogen (secondary N) is 1. The molecule has 1 aliphatic heterocycles. The number of benzene rings is 1. The number of carbonyl (C=O) groups excluding carboxylic acids is 1. The monoisotopic (exact) mass is 317 g/mol. The third kappa shape index (κ3) is 3.69. The van der Waals surface area contributed by atoms with E-state index in [4.69, 9.17) is 9.47 Å². The van der Waals surface area contributed by atoms with Crippen LogP contribution < -0.4 is 10.1 Å². The van der Waals surface area contributed by atoms with Gasteiger partial charge in [-0.2, -0.15) is 0 Å². The second-order valence-electron chi connectivity index (χ2n) is 6.99. The van der Waals surface area contributed by atoms with Crippen molar-refractivity contribution in [1.29, 1.82) is 0 Å². The van der Waals surface area contributed by atoms with E-state index >= 15 is 0 Å². The summed E-state index contributed by atoms with van der Waals surface area (Å²) >= 11 is 0. The molecule has 126 valence electrons. The van der Waals surface area contributed by atoms with Gasteiger partial charge in [0.25, 0.3) is 0 Å². The fourth-order valence-corrected chi connectivity index (χ4v) is 3.51. The average Bonchev–Trinajstić information content (AvgIpc) is 3.29. The SMILES string of the molecule is COC(=O)C(C)C(c1cccc(OC(C)C2CNC2)c1)C1CC1. The number of esters is 1. The Morgan fingerprint density at radius 2 is 1.96 bits per heavy atom. The van der Waals surface area contributed by atoms with Gasteiger partial charge < -0.3 is 14.8 Å². The van der Waals surface area contributed by atoms with E-state index in [2.05, 4.69) is 24.4 Å². The van der Waals surface area contributed by atoms with E-state index in [9.17, 15) is 4.79 Å². The van der Waals surface area contributed by atoms with Gasteiger partial charge in [0.15, 0.2) is 0 Å². The first-order chi connectivity index (χ1) is 11.1. The summed E-state index contributed by atoms with van der Waals surface area (Å²) in [5.41, 5.74) is 1.20. The van der Waals surface area contributed by atoms with Crippen LogP contribution in [0.25, 0.3) is 0 Å². The number of hydrogen-bond donors (Lipinski definition) is 1. The van der Waals surface area contributed by atoms with Gasteiger partial charge in [-0.1, -0.05) is 19.1 Å². The molecule has 0 aromatic heterocycles. The molecule has 2 fully saturated rings. The Hall–Kier alpha value is -1.55. The lowest BCUT2D eigenvalue weighted by Gasteiger charge is -2.33. The van der Waals surface area contributed by atoms with Gasteiger partial charge in [0.2, 0.25) is 0 Å². The highest BCUT2D eigenvalue weighted by Crippen LogP contribution is 2.47. The van der Waals surface area contributed by atoms with Crippen LogP contribution in [0.4, 0.5) is 0 Å². The number of rotatable bonds is 7. The topological polar surface area (TPSA) is 47.6 Å². The van der Waals surface area contributed by atoms with Crippen LogP contribution in [-0.2, 0) is 9.53 Å². The molecule has 2 aliphatic rings. The molecule has 1 aromatic carbocycles. The fraction of sp³-hybridized carbons (Fsp3) is 0.632. The Morgan fingerprint density at radius 1 is 1.22 bits per heavy atom. The molecule has 1 N–H and O–H groups in total. The maximum absolute atomic E-state index is 12.0. The van der Waals surface area contributed by atoms with Crippen LogP contribution in [0.3, 0.4) is 0 Å². The minimum atomic E-state index is -0.123. The van der Waals surface area contributed by atoms with Crippen molar-refractivity contribution in [3.8, 4) is 5.75 Å². The lowest BCUT2D eigenvalue weighted by molar-refractivity contribution is -0.145. The van der Waals surface area contributed by atoms with E-state index in [1.807, 2.05) is 19.1 Å². The Bertz CT molecular complexity index is 551. The highest BCUT2D eigenvalue weighted by molar-refractivity contribution is 5.73. The molecule has 0 spiro atoms. The second-order valence-corrected chi connectivity index (χ2v) is 6.99. The molecule has 3 rings (SSSR count). The van der Waals surface area contributed by atoms with Gasteiger partial charge >= 0.3 is 5.97 Å². The number of methoxy groups -OCH3 is 1. The summed E-state index contributed by atoms with van der Waals surface area (Å²) in [4.78, 5) is 12.0. The largest absolute Gasteiger partial charge is 0.490 e. The van der Waals surface area contributed by atoms with Gasteiger partial charge in [0.1, 0.15) is 11.9 Å². The van der Waals surface area contributed by atoms with Crippen molar-refractivity contribution in [3.05, 3.63) is 29.8 Å². The number of ether oxygens (including phenoxy) is 2. The Kier molecular flexibility index (Phi) is 4.90. The van der Waals surface area contributed by atoms with Crippen LogP contribution in [0.5, 0.6) is 5.75 Å². The van der Waals surface area contributed by atoms with Gasteiger partial charge in [-0.05, 0) is 49.3 Å². The lowest BCUT2D eigenvalue weighted by atomic mass is 9.83. The quantitative estimate of drug-likeness (QED) is 0.786. The summed E-state index contributed by atoms with van der Waals surface area (Å²) in [5, 5.41) is 3.28. The van der Waals surface area contributed by atoms with E-state index in [-0.39, 0.29) is 23.9 Å². The first-order valence-electron chi connectivity index (χ1n) is 8.65. The molecule has 0 amide bonds. The van der Waals surface area contributed by atoms with Crippen molar-refractivity contribution in [2.45, 2.75) is 38.7 Å². The zero-order chi connectivity index (χ0) is 16.4. The highest BCUT2D eigenvalue weighted by Gasteiger charge is 2.39. The van der Waals surface area contributed by atoms with Crippen molar-refractivity contribution in [3.63, 3.8) is 0 Å². The molecule has 1 aliphatic carbocycles. The Balaban J connectivity index is 1.74. The summed E-state index contributed by atoms with van der Waals surface area (Å²) in [7, 11) is 1.47. The number of hydrogen-bond acceptors (Lipinski definition) is 4. The molecule has 1 heterocycles. The molecule has 1 saturated carbocycles. The minimum Gasteiger partial charge on any atom is -0.490 e. The molecule has 1 aromatic rings. The van der Waals surface area contributed by atoms with Crippen LogP contribution in [0.1, 0.15) is 38.2 Å². The maximum atomic E-state index is 12.0. The molecule has 3 atom stereocenters. The van der Waals surface area contributed by atoms with Gasteiger partial charge in [-0.3, -0.25) is 4.79 Å². The number of carbonyl (C=O) groups is 1. The van der Waals surface area contributed by atoms with Crippen LogP contribution in [-0.4, -0.2) is 32.3 Å².